The van der Waals surface area contributed by atoms with Crippen LogP contribution in [0.5, 0.6) is 5.75 Å². The Balaban J connectivity index is 2.10. The first-order valence-corrected chi connectivity index (χ1v) is 11.4. The molecule has 1 atom stereocenters. The predicted octanol–water partition coefficient (Wildman–Crippen LogP) is 3.74. The third kappa shape index (κ3) is 4.95. The molecular weight excluding hydrogens is 427 g/mol. The van der Waals surface area contributed by atoms with Crippen LogP contribution >= 0.6 is 7.92 Å². The SMILES string of the molecule is O=S(=O)(Oc1ccccc1[PH+](c1ccccc1)c1ccccc1)C(F)C(F)(F)F. The average Bonchev–Trinajstić information content (AvgIpc) is 2.70. The van der Waals surface area contributed by atoms with Crippen LogP contribution in [0.1, 0.15) is 0 Å². The summed E-state index contributed by atoms with van der Waals surface area (Å²) < 4.78 is 79.8. The van der Waals surface area contributed by atoms with Crippen LogP contribution in [0, 0.1) is 0 Å². The zero-order valence-electron chi connectivity index (χ0n) is 14.8. The number of halogens is 4. The highest BCUT2D eigenvalue weighted by atomic mass is 32.2. The summed E-state index contributed by atoms with van der Waals surface area (Å²) in [5.74, 6) is -0.319. The number of hydrogen-bond donors (Lipinski definition) is 0. The van der Waals surface area contributed by atoms with Gasteiger partial charge in [-0.3, -0.25) is 0 Å². The maximum atomic E-state index is 13.5. The van der Waals surface area contributed by atoms with Gasteiger partial charge in [-0.15, -0.1) is 0 Å². The van der Waals surface area contributed by atoms with Crippen LogP contribution in [-0.2, 0) is 10.1 Å². The standard InChI is InChI=1S/C20H15F4O3PS/c21-19(20(22,23)24)29(25,26)27-17-13-7-8-14-18(17)28(15-9-3-1-4-10-15)16-11-5-2-6-12-16/h1-14,19H/p+1. The third-order valence-electron chi connectivity index (χ3n) is 4.00. The number of rotatable bonds is 6. The van der Waals surface area contributed by atoms with Gasteiger partial charge >= 0.3 is 21.8 Å². The van der Waals surface area contributed by atoms with Crippen molar-refractivity contribution in [3.63, 3.8) is 0 Å². The van der Waals surface area contributed by atoms with Gasteiger partial charge in [0.25, 0.3) is 0 Å². The fraction of sp³-hybridized carbons (Fsp3) is 0.100. The fourth-order valence-corrected chi connectivity index (χ4v) is 6.30. The van der Waals surface area contributed by atoms with E-state index in [1.165, 1.54) is 12.1 Å². The van der Waals surface area contributed by atoms with Crippen molar-refractivity contribution in [1.82, 2.24) is 0 Å². The summed E-state index contributed by atoms with van der Waals surface area (Å²) in [6, 6.07) is 24.1. The molecule has 9 heteroatoms. The van der Waals surface area contributed by atoms with Crippen molar-refractivity contribution >= 4 is 34.0 Å². The van der Waals surface area contributed by atoms with Gasteiger partial charge in [0, 0.05) is 0 Å². The van der Waals surface area contributed by atoms with E-state index >= 15 is 0 Å². The van der Waals surface area contributed by atoms with Crippen LogP contribution in [0.4, 0.5) is 17.6 Å². The molecule has 0 aliphatic heterocycles. The second-order valence-corrected chi connectivity index (χ2v) is 10.0. The summed E-state index contributed by atoms with van der Waals surface area (Å²) in [5, 5.41) is 2.13. The molecular formula is C20H16F4O3PS+. The third-order valence-corrected chi connectivity index (χ3v) is 7.96. The molecule has 29 heavy (non-hydrogen) atoms. The van der Waals surface area contributed by atoms with E-state index in [9.17, 15) is 26.0 Å². The van der Waals surface area contributed by atoms with Crippen molar-refractivity contribution < 1.29 is 30.2 Å². The largest absolute Gasteiger partial charge is 0.437 e. The molecule has 0 fully saturated rings. The highest BCUT2D eigenvalue weighted by Crippen LogP contribution is 2.37. The van der Waals surface area contributed by atoms with E-state index < -0.39 is 29.7 Å². The van der Waals surface area contributed by atoms with Gasteiger partial charge in [-0.25, -0.2) is 4.39 Å². The molecule has 1 unspecified atom stereocenters. The van der Waals surface area contributed by atoms with E-state index in [2.05, 4.69) is 4.18 Å². The molecule has 0 amide bonds. The van der Waals surface area contributed by atoms with Gasteiger partial charge in [0.15, 0.2) is 5.75 Å². The van der Waals surface area contributed by atoms with Crippen molar-refractivity contribution in [3.8, 4) is 5.75 Å². The minimum Gasteiger partial charge on any atom is -0.376 e. The molecule has 0 aliphatic carbocycles. The lowest BCUT2D eigenvalue weighted by Crippen LogP contribution is -2.36. The second-order valence-electron chi connectivity index (χ2n) is 6.04. The Hall–Kier alpha value is -2.44. The molecule has 0 spiro atoms. The molecule has 3 aromatic rings. The van der Waals surface area contributed by atoms with Gasteiger partial charge in [0.05, 0.1) is 0 Å². The molecule has 152 valence electrons. The zero-order valence-corrected chi connectivity index (χ0v) is 16.6. The monoisotopic (exact) mass is 443 g/mol. The summed E-state index contributed by atoms with van der Waals surface area (Å²) in [6.07, 6.45) is -5.58. The quantitative estimate of drug-likeness (QED) is 0.331. The molecule has 0 aliphatic rings. The predicted molar refractivity (Wildman–Crippen MR) is 107 cm³/mol. The molecule has 3 nitrogen and oxygen atoms in total. The zero-order chi connectivity index (χ0) is 21.1. The van der Waals surface area contributed by atoms with Crippen LogP contribution in [0.3, 0.4) is 0 Å². The minimum absolute atomic E-state index is 0.319. The average molecular weight is 443 g/mol. The van der Waals surface area contributed by atoms with Crippen molar-refractivity contribution in [3.05, 3.63) is 84.9 Å². The van der Waals surface area contributed by atoms with Crippen molar-refractivity contribution in [2.45, 2.75) is 11.7 Å². The van der Waals surface area contributed by atoms with E-state index in [4.69, 9.17) is 0 Å². The Labute approximate surface area is 166 Å². The minimum atomic E-state index is -5.58. The first-order valence-electron chi connectivity index (χ1n) is 8.41. The summed E-state index contributed by atoms with van der Waals surface area (Å²) in [7, 11) is -7.40. The first-order chi connectivity index (χ1) is 13.7. The lowest BCUT2D eigenvalue weighted by atomic mass is 10.3. The number of hydrogen-bond acceptors (Lipinski definition) is 3. The van der Waals surface area contributed by atoms with Crippen LogP contribution in [0.2, 0.25) is 0 Å². The summed E-state index contributed by atoms with van der Waals surface area (Å²) >= 11 is 0. The summed E-state index contributed by atoms with van der Waals surface area (Å²) in [4.78, 5) is 0. The van der Waals surface area contributed by atoms with Gasteiger partial charge in [-0.2, -0.15) is 21.6 Å². The topological polar surface area (TPSA) is 43.4 Å². The van der Waals surface area contributed by atoms with E-state index in [0.717, 1.165) is 10.6 Å². The molecule has 0 saturated heterocycles. The lowest BCUT2D eigenvalue weighted by Gasteiger charge is -2.17. The normalized spacial score (nSPS) is 13.3. The van der Waals surface area contributed by atoms with Gasteiger partial charge in [0.2, 0.25) is 0 Å². The molecule has 0 heterocycles. The summed E-state index contributed by atoms with van der Waals surface area (Å²) in [5.41, 5.74) is -4.13. The van der Waals surface area contributed by atoms with Gasteiger partial charge in [0.1, 0.15) is 23.8 Å². The molecule has 0 N–H and O–H groups in total. The van der Waals surface area contributed by atoms with E-state index in [0.29, 0.717) is 5.30 Å². The Morgan fingerprint density at radius 3 is 1.69 bits per heavy atom. The number of benzene rings is 3. The molecule has 3 rings (SSSR count). The van der Waals surface area contributed by atoms with Crippen molar-refractivity contribution in [2.75, 3.05) is 0 Å². The number of para-hydroxylation sites is 1. The van der Waals surface area contributed by atoms with E-state index in [1.807, 2.05) is 60.7 Å². The van der Waals surface area contributed by atoms with Gasteiger partial charge in [-0.1, -0.05) is 48.5 Å². The van der Waals surface area contributed by atoms with Crippen LogP contribution in [0.15, 0.2) is 84.9 Å². The van der Waals surface area contributed by atoms with Gasteiger partial charge < -0.3 is 4.18 Å². The van der Waals surface area contributed by atoms with Gasteiger partial charge in [-0.05, 0) is 36.4 Å². The van der Waals surface area contributed by atoms with E-state index in [-0.39, 0.29) is 5.75 Å². The maximum absolute atomic E-state index is 13.5. The molecule has 0 saturated carbocycles. The molecule has 0 aromatic heterocycles. The lowest BCUT2D eigenvalue weighted by molar-refractivity contribution is -0.157. The molecule has 3 aromatic carbocycles. The number of alkyl halides is 4. The maximum Gasteiger partial charge on any atom is 0.437 e. The molecule has 0 bridgehead atoms. The smallest absolute Gasteiger partial charge is 0.376 e. The highest BCUT2D eigenvalue weighted by molar-refractivity contribution is 7.87. The summed E-state index contributed by atoms with van der Waals surface area (Å²) in [6.45, 7) is 0. The van der Waals surface area contributed by atoms with Crippen LogP contribution < -0.4 is 20.1 Å². The first kappa shape index (κ1) is 21.3. The van der Waals surface area contributed by atoms with Crippen LogP contribution in [-0.4, -0.2) is 20.1 Å². The van der Waals surface area contributed by atoms with E-state index in [1.54, 1.807) is 12.1 Å². The Bertz CT molecular complexity index is 1020. The van der Waals surface area contributed by atoms with Crippen LogP contribution in [0.25, 0.3) is 0 Å². The Morgan fingerprint density at radius 2 is 1.21 bits per heavy atom. The second kappa shape index (κ2) is 8.51. The Kier molecular flexibility index (Phi) is 6.24. The fourth-order valence-electron chi connectivity index (χ4n) is 2.76. The van der Waals surface area contributed by atoms with Crippen molar-refractivity contribution in [2.24, 2.45) is 0 Å². The Morgan fingerprint density at radius 1 is 0.759 bits per heavy atom. The highest BCUT2D eigenvalue weighted by Gasteiger charge is 2.51. The molecule has 0 radical (unpaired) electrons. The van der Waals surface area contributed by atoms with Crippen molar-refractivity contribution in [1.29, 1.82) is 0 Å².